The Morgan fingerprint density at radius 2 is 2.22 bits per heavy atom. The van der Waals surface area contributed by atoms with E-state index in [1.165, 1.54) is 31.9 Å². The van der Waals surface area contributed by atoms with Gasteiger partial charge in [-0.15, -0.1) is 0 Å². The van der Waals surface area contributed by atoms with Gasteiger partial charge in [-0.25, -0.2) is 9.78 Å². The third-order valence-corrected chi connectivity index (χ3v) is 3.77. The molecule has 0 unspecified atom stereocenters. The van der Waals surface area contributed by atoms with Crippen molar-refractivity contribution in [2.45, 2.75) is 25.7 Å². The third kappa shape index (κ3) is 2.93. The van der Waals surface area contributed by atoms with E-state index in [-0.39, 0.29) is 10.6 Å². The number of aromatic nitrogens is 1. The second-order valence-corrected chi connectivity index (χ2v) is 5.27. The van der Waals surface area contributed by atoms with Gasteiger partial charge in [0, 0.05) is 19.8 Å². The first-order valence-corrected chi connectivity index (χ1v) is 6.55. The topological polar surface area (TPSA) is 53.4 Å². The Bertz CT molecular complexity index is 445. The molecule has 1 aromatic rings. The largest absolute Gasteiger partial charge is 0.478 e. The SMILES string of the molecule is CN(CC1CCCC1)c1cc(C(=O)O)c(Cl)cn1. The Morgan fingerprint density at radius 1 is 1.56 bits per heavy atom. The Hall–Kier alpha value is -1.29. The molecule has 1 saturated carbocycles. The highest BCUT2D eigenvalue weighted by Crippen LogP contribution is 2.27. The first-order valence-electron chi connectivity index (χ1n) is 6.18. The molecule has 98 valence electrons. The van der Waals surface area contributed by atoms with Crippen LogP contribution in [0.1, 0.15) is 36.0 Å². The summed E-state index contributed by atoms with van der Waals surface area (Å²) >= 11 is 5.80. The lowest BCUT2D eigenvalue weighted by Gasteiger charge is -2.22. The zero-order valence-electron chi connectivity index (χ0n) is 10.4. The minimum atomic E-state index is -1.02. The van der Waals surface area contributed by atoms with Gasteiger partial charge in [-0.2, -0.15) is 0 Å². The summed E-state index contributed by atoms with van der Waals surface area (Å²) in [6.45, 7) is 0.924. The van der Waals surface area contributed by atoms with Gasteiger partial charge in [0.05, 0.1) is 10.6 Å². The summed E-state index contributed by atoms with van der Waals surface area (Å²) in [7, 11) is 1.94. The van der Waals surface area contributed by atoms with Crippen LogP contribution in [0.2, 0.25) is 5.02 Å². The van der Waals surface area contributed by atoms with Crippen LogP contribution >= 0.6 is 11.6 Å². The molecule has 0 aliphatic heterocycles. The molecule has 1 heterocycles. The predicted molar refractivity (Wildman–Crippen MR) is 71.4 cm³/mol. The highest BCUT2D eigenvalue weighted by atomic mass is 35.5. The molecule has 5 heteroatoms. The van der Waals surface area contributed by atoms with Gasteiger partial charge in [0.25, 0.3) is 0 Å². The van der Waals surface area contributed by atoms with Crippen molar-refractivity contribution >= 4 is 23.4 Å². The van der Waals surface area contributed by atoms with Crippen LogP contribution in [-0.2, 0) is 0 Å². The molecule has 1 N–H and O–H groups in total. The maximum absolute atomic E-state index is 11.0. The van der Waals surface area contributed by atoms with Gasteiger partial charge in [-0.1, -0.05) is 24.4 Å². The van der Waals surface area contributed by atoms with Crippen molar-refractivity contribution in [3.05, 3.63) is 22.8 Å². The van der Waals surface area contributed by atoms with E-state index in [1.807, 2.05) is 11.9 Å². The molecule has 1 aliphatic rings. The number of aromatic carboxylic acids is 1. The maximum Gasteiger partial charge on any atom is 0.337 e. The maximum atomic E-state index is 11.0. The Kier molecular flexibility index (Phi) is 4.07. The molecule has 0 aromatic carbocycles. The van der Waals surface area contributed by atoms with E-state index in [0.29, 0.717) is 11.7 Å². The van der Waals surface area contributed by atoms with E-state index in [4.69, 9.17) is 16.7 Å². The summed E-state index contributed by atoms with van der Waals surface area (Å²) in [5.74, 6) is 0.349. The molecule has 0 bridgehead atoms. The standard InChI is InChI=1S/C13H17ClN2O2/c1-16(8-9-4-2-3-5-9)12-6-10(13(17)18)11(14)7-15-12/h6-7,9H,2-5,8H2,1H3,(H,17,18). The van der Waals surface area contributed by atoms with E-state index in [0.717, 1.165) is 6.54 Å². The lowest BCUT2D eigenvalue weighted by molar-refractivity contribution is 0.0697. The van der Waals surface area contributed by atoms with Crippen molar-refractivity contribution in [3.8, 4) is 0 Å². The zero-order valence-corrected chi connectivity index (χ0v) is 11.2. The summed E-state index contributed by atoms with van der Waals surface area (Å²) in [4.78, 5) is 17.2. The number of carbonyl (C=O) groups is 1. The Labute approximate surface area is 112 Å². The second kappa shape index (κ2) is 5.57. The Morgan fingerprint density at radius 3 is 2.83 bits per heavy atom. The number of halogens is 1. The van der Waals surface area contributed by atoms with Crippen molar-refractivity contribution in [1.29, 1.82) is 0 Å². The molecule has 2 rings (SSSR count). The normalized spacial score (nSPS) is 15.9. The van der Waals surface area contributed by atoms with E-state index in [1.54, 1.807) is 6.07 Å². The van der Waals surface area contributed by atoms with Crippen LogP contribution in [-0.4, -0.2) is 29.7 Å². The summed E-state index contributed by atoms with van der Waals surface area (Å²) < 4.78 is 0. The first-order chi connectivity index (χ1) is 8.58. The lowest BCUT2D eigenvalue weighted by atomic mass is 10.1. The molecular weight excluding hydrogens is 252 g/mol. The van der Waals surface area contributed by atoms with E-state index >= 15 is 0 Å². The number of anilines is 1. The fourth-order valence-corrected chi connectivity index (χ4v) is 2.66. The molecule has 0 amide bonds. The zero-order chi connectivity index (χ0) is 13.1. The number of hydrogen-bond acceptors (Lipinski definition) is 3. The summed E-state index contributed by atoms with van der Waals surface area (Å²) in [5, 5.41) is 9.21. The number of carboxylic acids is 1. The Balaban J connectivity index is 2.11. The van der Waals surface area contributed by atoms with Gasteiger partial charge in [-0.3, -0.25) is 0 Å². The highest BCUT2D eigenvalue weighted by molar-refractivity contribution is 6.33. The average molecular weight is 269 g/mol. The van der Waals surface area contributed by atoms with Crippen LogP contribution in [0, 0.1) is 5.92 Å². The minimum Gasteiger partial charge on any atom is -0.478 e. The molecule has 1 aliphatic carbocycles. The van der Waals surface area contributed by atoms with Gasteiger partial charge >= 0.3 is 5.97 Å². The molecule has 18 heavy (non-hydrogen) atoms. The van der Waals surface area contributed by atoms with Crippen molar-refractivity contribution in [2.24, 2.45) is 5.92 Å². The van der Waals surface area contributed by atoms with Gasteiger partial charge in [0.2, 0.25) is 0 Å². The number of rotatable bonds is 4. The van der Waals surface area contributed by atoms with Gasteiger partial charge < -0.3 is 10.0 Å². The third-order valence-electron chi connectivity index (χ3n) is 3.47. The monoisotopic (exact) mass is 268 g/mol. The second-order valence-electron chi connectivity index (χ2n) is 4.86. The molecule has 1 fully saturated rings. The van der Waals surface area contributed by atoms with E-state index < -0.39 is 5.97 Å². The minimum absolute atomic E-state index is 0.111. The molecule has 0 saturated heterocycles. The summed E-state index contributed by atoms with van der Waals surface area (Å²) in [6, 6.07) is 1.54. The van der Waals surface area contributed by atoms with E-state index in [9.17, 15) is 4.79 Å². The highest BCUT2D eigenvalue weighted by Gasteiger charge is 2.18. The molecule has 0 radical (unpaired) electrons. The van der Waals surface area contributed by atoms with Crippen LogP contribution < -0.4 is 4.90 Å². The van der Waals surface area contributed by atoms with Crippen molar-refractivity contribution in [1.82, 2.24) is 4.98 Å². The number of hydrogen-bond donors (Lipinski definition) is 1. The smallest absolute Gasteiger partial charge is 0.337 e. The number of pyridine rings is 1. The van der Waals surface area contributed by atoms with Gasteiger partial charge in [-0.05, 0) is 24.8 Å². The predicted octanol–water partition coefficient (Wildman–Crippen LogP) is 3.06. The molecule has 0 atom stereocenters. The van der Waals surface area contributed by atoms with Crippen LogP contribution in [0.3, 0.4) is 0 Å². The van der Waals surface area contributed by atoms with Crippen molar-refractivity contribution < 1.29 is 9.90 Å². The van der Waals surface area contributed by atoms with E-state index in [2.05, 4.69) is 4.98 Å². The molecule has 0 spiro atoms. The van der Waals surface area contributed by atoms with Crippen LogP contribution in [0.15, 0.2) is 12.3 Å². The molecule has 4 nitrogen and oxygen atoms in total. The number of carboxylic acid groups (broad SMARTS) is 1. The summed E-state index contributed by atoms with van der Waals surface area (Å²) in [6.07, 6.45) is 6.51. The quantitative estimate of drug-likeness (QED) is 0.912. The van der Waals surface area contributed by atoms with Crippen LogP contribution in [0.25, 0.3) is 0 Å². The average Bonchev–Trinajstić information content (AvgIpc) is 2.81. The van der Waals surface area contributed by atoms with Gasteiger partial charge in [0.15, 0.2) is 0 Å². The molecular formula is C13H17ClN2O2. The van der Waals surface area contributed by atoms with Crippen molar-refractivity contribution in [2.75, 3.05) is 18.5 Å². The van der Waals surface area contributed by atoms with Crippen LogP contribution in [0.4, 0.5) is 5.82 Å². The van der Waals surface area contributed by atoms with Crippen molar-refractivity contribution in [3.63, 3.8) is 0 Å². The van der Waals surface area contributed by atoms with Gasteiger partial charge in [0.1, 0.15) is 5.82 Å². The van der Waals surface area contributed by atoms with Crippen LogP contribution in [0.5, 0.6) is 0 Å². The fraction of sp³-hybridized carbons (Fsp3) is 0.538. The summed E-state index contributed by atoms with van der Waals surface area (Å²) in [5.41, 5.74) is 0.111. The fourth-order valence-electron chi connectivity index (χ4n) is 2.47. The lowest BCUT2D eigenvalue weighted by Crippen LogP contribution is -2.25. The first kappa shape index (κ1) is 13.1. The number of nitrogens with zero attached hydrogens (tertiary/aromatic N) is 2. The molecule has 1 aromatic heterocycles.